The van der Waals surface area contributed by atoms with Gasteiger partial charge in [-0.15, -0.1) is 0 Å². The molecule has 2 unspecified atom stereocenters. The van der Waals surface area contributed by atoms with Crippen LogP contribution in [0.3, 0.4) is 0 Å². The molecule has 1 aliphatic heterocycles. The second-order valence-corrected chi connectivity index (χ2v) is 4.65. The molecule has 2 atom stereocenters. The summed E-state index contributed by atoms with van der Waals surface area (Å²) in [7, 11) is 1.50. The molecule has 0 radical (unpaired) electrons. The number of rotatable bonds is 3. The van der Waals surface area contributed by atoms with Gasteiger partial charge in [-0.2, -0.15) is 15.0 Å². The van der Waals surface area contributed by atoms with Gasteiger partial charge in [0.1, 0.15) is 0 Å². The van der Waals surface area contributed by atoms with E-state index in [4.69, 9.17) is 10.5 Å². The highest BCUT2D eigenvalue weighted by molar-refractivity contribution is 5.31. The van der Waals surface area contributed by atoms with E-state index < -0.39 is 0 Å². The predicted octanol–water partition coefficient (Wildman–Crippen LogP) is 1.05. The zero-order chi connectivity index (χ0) is 13.1. The summed E-state index contributed by atoms with van der Waals surface area (Å²) in [6, 6.07) is 1.11. The molecule has 1 saturated heterocycles. The van der Waals surface area contributed by atoms with E-state index in [0.717, 1.165) is 12.8 Å². The van der Waals surface area contributed by atoms with E-state index in [2.05, 4.69) is 39.2 Å². The van der Waals surface area contributed by atoms with Crippen LogP contribution in [-0.4, -0.2) is 39.2 Å². The number of ether oxygens (including phenoxy) is 1. The van der Waals surface area contributed by atoms with E-state index in [0.29, 0.717) is 18.0 Å². The molecule has 7 heteroatoms. The molecule has 0 aromatic carbocycles. The lowest BCUT2D eigenvalue weighted by atomic mass is 10.00. The molecule has 0 saturated carbocycles. The topological polar surface area (TPSA) is 89.2 Å². The minimum absolute atomic E-state index is 0.154. The van der Waals surface area contributed by atoms with Gasteiger partial charge in [0.25, 0.3) is 0 Å². The minimum atomic E-state index is 0.154. The number of hydrazine groups is 1. The third-order valence-corrected chi connectivity index (χ3v) is 3.24. The first kappa shape index (κ1) is 12.8. The summed E-state index contributed by atoms with van der Waals surface area (Å²) >= 11 is 0. The number of nitrogens with one attached hydrogen (secondary N) is 1. The Labute approximate surface area is 107 Å². The molecular weight excluding hydrogens is 232 g/mol. The van der Waals surface area contributed by atoms with Crippen LogP contribution in [0.1, 0.15) is 33.1 Å². The maximum Gasteiger partial charge on any atom is 0.322 e. The minimum Gasteiger partial charge on any atom is -0.467 e. The Morgan fingerprint density at radius 3 is 2.50 bits per heavy atom. The highest BCUT2D eigenvalue weighted by Gasteiger charge is 2.25. The molecule has 18 heavy (non-hydrogen) atoms. The van der Waals surface area contributed by atoms with Gasteiger partial charge in [-0.3, -0.25) is 5.43 Å². The van der Waals surface area contributed by atoms with Crippen molar-refractivity contribution in [3.63, 3.8) is 0 Å². The Bertz CT molecular complexity index is 403. The third kappa shape index (κ3) is 2.79. The number of nitrogens with zero attached hydrogens (tertiary/aromatic N) is 4. The van der Waals surface area contributed by atoms with E-state index in [1.54, 1.807) is 0 Å². The van der Waals surface area contributed by atoms with Crippen molar-refractivity contribution >= 4 is 11.9 Å². The molecule has 1 aromatic rings. The average molecular weight is 252 g/mol. The second kappa shape index (κ2) is 5.34. The smallest absolute Gasteiger partial charge is 0.322 e. The Hall–Kier alpha value is -1.63. The summed E-state index contributed by atoms with van der Waals surface area (Å²) in [4.78, 5) is 12.1. The van der Waals surface area contributed by atoms with Crippen LogP contribution in [0.4, 0.5) is 11.9 Å². The van der Waals surface area contributed by atoms with E-state index in [-0.39, 0.29) is 12.0 Å². The fourth-order valence-corrected chi connectivity index (χ4v) is 2.27. The molecule has 3 N–H and O–H groups in total. The summed E-state index contributed by atoms with van der Waals surface area (Å²) < 4.78 is 4.98. The summed E-state index contributed by atoms with van der Waals surface area (Å²) in [5.41, 5.74) is 8.82. The molecule has 0 amide bonds. The summed E-state index contributed by atoms with van der Waals surface area (Å²) in [5, 5.41) is 2.16. The van der Waals surface area contributed by atoms with E-state index in [1.165, 1.54) is 13.5 Å². The van der Waals surface area contributed by atoms with E-state index >= 15 is 0 Å². The molecule has 2 heterocycles. The Kier molecular flexibility index (Phi) is 3.81. The Morgan fingerprint density at radius 2 is 1.89 bits per heavy atom. The van der Waals surface area contributed by atoms with Gasteiger partial charge in [-0.1, -0.05) is 6.42 Å². The molecule has 0 aliphatic carbocycles. The standard InChI is InChI=1S/C11H20N6O/c1-7-5-4-6-8(2)17(7)16-10-13-9(12)14-11(15-10)18-3/h7-8H,4-6H2,1-3H3,(H3,12,13,14,15,16). The van der Waals surface area contributed by atoms with Crippen LogP contribution in [0.5, 0.6) is 6.01 Å². The first-order valence-electron chi connectivity index (χ1n) is 6.20. The number of piperidine rings is 1. The molecule has 0 bridgehead atoms. The highest BCUT2D eigenvalue weighted by Crippen LogP contribution is 2.22. The lowest BCUT2D eigenvalue weighted by Crippen LogP contribution is -2.47. The van der Waals surface area contributed by atoms with Crippen molar-refractivity contribution in [1.82, 2.24) is 20.0 Å². The van der Waals surface area contributed by atoms with Crippen molar-refractivity contribution in [3.05, 3.63) is 0 Å². The van der Waals surface area contributed by atoms with Gasteiger partial charge >= 0.3 is 6.01 Å². The zero-order valence-electron chi connectivity index (χ0n) is 11.1. The Morgan fingerprint density at radius 1 is 1.22 bits per heavy atom. The predicted molar refractivity (Wildman–Crippen MR) is 69.0 cm³/mol. The maximum absolute atomic E-state index is 5.61. The van der Waals surface area contributed by atoms with Gasteiger partial charge in [0.05, 0.1) is 7.11 Å². The van der Waals surface area contributed by atoms with Crippen molar-refractivity contribution < 1.29 is 4.74 Å². The van der Waals surface area contributed by atoms with Crippen LogP contribution in [-0.2, 0) is 0 Å². The van der Waals surface area contributed by atoms with Crippen LogP contribution in [0.15, 0.2) is 0 Å². The van der Waals surface area contributed by atoms with Crippen molar-refractivity contribution in [2.75, 3.05) is 18.3 Å². The van der Waals surface area contributed by atoms with Gasteiger partial charge in [-0.05, 0) is 26.7 Å². The molecule has 2 rings (SSSR count). The lowest BCUT2D eigenvalue weighted by Gasteiger charge is -2.38. The third-order valence-electron chi connectivity index (χ3n) is 3.24. The summed E-state index contributed by atoms with van der Waals surface area (Å²) in [5.74, 6) is 0.585. The van der Waals surface area contributed by atoms with Crippen molar-refractivity contribution in [2.45, 2.75) is 45.2 Å². The van der Waals surface area contributed by atoms with E-state index in [9.17, 15) is 0 Å². The van der Waals surface area contributed by atoms with Crippen LogP contribution in [0.25, 0.3) is 0 Å². The normalized spacial score (nSPS) is 24.8. The number of aromatic nitrogens is 3. The first-order chi connectivity index (χ1) is 8.60. The molecule has 1 aliphatic rings. The van der Waals surface area contributed by atoms with Crippen molar-refractivity contribution in [2.24, 2.45) is 0 Å². The molecule has 0 spiro atoms. The summed E-state index contributed by atoms with van der Waals surface area (Å²) in [6.45, 7) is 4.37. The molecule has 1 fully saturated rings. The van der Waals surface area contributed by atoms with Crippen LogP contribution >= 0.6 is 0 Å². The monoisotopic (exact) mass is 252 g/mol. The summed E-state index contributed by atoms with van der Waals surface area (Å²) in [6.07, 6.45) is 3.58. The van der Waals surface area contributed by atoms with Crippen LogP contribution < -0.4 is 15.9 Å². The average Bonchev–Trinajstić information content (AvgIpc) is 2.33. The number of hydrogen-bond acceptors (Lipinski definition) is 7. The van der Waals surface area contributed by atoms with Crippen molar-refractivity contribution in [1.29, 1.82) is 0 Å². The molecule has 1 aromatic heterocycles. The number of anilines is 2. The maximum atomic E-state index is 5.61. The number of methoxy groups -OCH3 is 1. The largest absolute Gasteiger partial charge is 0.467 e. The van der Waals surface area contributed by atoms with Gasteiger partial charge in [0.15, 0.2) is 0 Å². The van der Waals surface area contributed by atoms with Gasteiger partial charge in [0.2, 0.25) is 11.9 Å². The van der Waals surface area contributed by atoms with E-state index in [1.807, 2.05) is 0 Å². The first-order valence-corrected chi connectivity index (χ1v) is 6.20. The van der Waals surface area contributed by atoms with Crippen LogP contribution in [0, 0.1) is 0 Å². The molecule has 100 valence electrons. The second-order valence-electron chi connectivity index (χ2n) is 4.65. The SMILES string of the molecule is COc1nc(N)nc(NN2C(C)CCCC2C)n1. The number of hydrogen-bond donors (Lipinski definition) is 2. The van der Waals surface area contributed by atoms with Crippen LogP contribution in [0.2, 0.25) is 0 Å². The Balaban J connectivity index is 2.14. The fraction of sp³-hybridized carbons (Fsp3) is 0.727. The van der Waals surface area contributed by atoms with Crippen molar-refractivity contribution in [3.8, 4) is 6.01 Å². The molecule has 7 nitrogen and oxygen atoms in total. The number of nitrogen functional groups attached to an aromatic ring is 1. The van der Waals surface area contributed by atoms with Gasteiger partial charge in [-0.25, -0.2) is 5.01 Å². The highest BCUT2D eigenvalue weighted by atomic mass is 16.5. The van der Waals surface area contributed by atoms with Gasteiger partial charge in [0, 0.05) is 12.1 Å². The number of nitrogens with two attached hydrogens (primary N) is 1. The lowest BCUT2D eigenvalue weighted by molar-refractivity contribution is 0.134. The fourth-order valence-electron chi connectivity index (χ4n) is 2.27. The molecular formula is C11H20N6O. The van der Waals surface area contributed by atoms with Gasteiger partial charge < -0.3 is 10.5 Å². The zero-order valence-corrected chi connectivity index (χ0v) is 11.1. The quantitative estimate of drug-likeness (QED) is 0.831.